The second-order valence-electron chi connectivity index (χ2n) is 6.43. The number of nitro benzene ring substituents is 1. The number of benzene rings is 2. The average Bonchev–Trinajstić information content (AvgIpc) is 2.73. The van der Waals surface area contributed by atoms with Gasteiger partial charge in [0.1, 0.15) is 6.61 Å². The van der Waals surface area contributed by atoms with Gasteiger partial charge < -0.3 is 4.74 Å². The number of carbonyl (C=O) groups is 2. The highest BCUT2D eigenvalue weighted by Crippen LogP contribution is 2.22. The van der Waals surface area contributed by atoms with Crippen LogP contribution in [0.25, 0.3) is 0 Å². The lowest BCUT2D eigenvalue weighted by Gasteiger charge is -2.33. The van der Waals surface area contributed by atoms with Crippen LogP contribution >= 0.6 is 0 Å². The molecule has 0 unspecified atom stereocenters. The third-order valence-electron chi connectivity index (χ3n) is 4.45. The molecule has 0 bridgehead atoms. The lowest BCUT2D eigenvalue weighted by Crippen LogP contribution is -2.45. The van der Waals surface area contributed by atoms with E-state index in [0.717, 1.165) is 17.0 Å². The van der Waals surface area contributed by atoms with Gasteiger partial charge in [0.2, 0.25) is 0 Å². The summed E-state index contributed by atoms with van der Waals surface area (Å²) in [4.78, 5) is 40.6. The number of ketones is 1. The van der Waals surface area contributed by atoms with E-state index >= 15 is 0 Å². The number of nitro groups is 1. The second kappa shape index (κ2) is 9.09. The van der Waals surface area contributed by atoms with E-state index in [1.807, 2.05) is 30.3 Å². The van der Waals surface area contributed by atoms with Crippen LogP contribution in [-0.4, -0.2) is 34.5 Å². The van der Waals surface area contributed by atoms with Gasteiger partial charge in [-0.15, -0.1) is 0 Å². The van der Waals surface area contributed by atoms with Crippen LogP contribution in [0.4, 0.5) is 10.5 Å². The summed E-state index contributed by atoms with van der Waals surface area (Å²) in [5.41, 5.74) is 1.13. The van der Waals surface area contributed by atoms with Crippen LogP contribution in [0.3, 0.4) is 0 Å². The molecule has 1 fully saturated rings. The second-order valence-corrected chi connectivity index (χ2v) is 6.43. The first-order valence-electron chi connectivity index (χ1n) is 8.95. The molecule has 8 heteroatoms. The van der Waals surface area contributed by atoms with Crippen LogP contribution in [0.15, 0.2) is 54.6 Å². The first kappa shape index (κ1) is 19.5. The maximum absolute atomic E-state index is 12.5. The fraction of sp³-hybridized carbons (Fsp3) is 0.300. The quantitative estimate of drug-likeness (QED) is 0.425. The molecule has 0 aromatic heterocycles. The van der Waals surface area contributed by atoms with Crippen LogP contribution < -0.4 is 0 Å². The molecule has 1 aliphatic heterocycles. The average molecular weight is 384 g/mol. The Kier molecular flexibility index (Phi) is 6.33. The topological polar surface area (TPSA) is 99.0 Å². The number of rotatable bonds is 6. The maximum Gasteiger partial charge on any atom is 0.434 e. The molecule has 1 atom stereocenters. The highest BCUT2D eigenvalue weighted by molar-refractivity contribution is 5.96. The molecule has 0 saturated carbocycles. The van der Waals surface area contributed by atoms with Crippen molar-refractivity contribution in [1.29, 1.82) is 0 Å². The van der Waals surface area contributed by atoms with Crippen LogP contribution in [-0.2, 0) is 16.2 Å². The summed E-state index contributed by atoms with van der Waals surface area (Å²) in [5, 5.41) is 11.9. The van der Waals surface area contributed by atoms with Crippen molar-refractivity contribution >= 4 is 17.6 Å². The largest absolute Gasteiger partial charge is 0.443 e. The zero-order valence-corrected chi connectivity index (χ0v) is 15.2. The summed E-state index contributed by atoms with van der Waals surface area (Å²) in [5.74, 6) is -0.216. The van der Waals surface area contributed by atoms with Crippen molar-refractivity contribution < 1.29 is 24.1 Å². The standard InChI is InChI=1S/C20H20N2O6/c23-19(16-8-10-17(11-9-16)22(25)26)13-18-7-4-12-28-21(18)20(24)27-14-15-5-2-1-3-6-15/h1-3,5-6,8-11,18H,4,7,12-14H2/t18-/m1/s1. The molecule has 2 aromatic carbocycles. The van der Waals surface area contributed by atoms with E-state index in [1.165, 1.54) is 24.3 Å². The van der Waals surface area contributed by atoms with Crippen LogP contribution in [0, 0.1) is 10.1 Å². The zero-order valence-electron chi connectivity index (χ0n) is 15.2. The Balaban J connectivity index is 1.61. The summed E-state index contributed by atoms with van der Waals surface area (Å²) >= 11 is 0. The lowest BCUT2D eigenvalue weighted by atomic mass is 9.99. The molecular weight excluding hydrogens is 364 g/mol. The molecule has 146 valence electrons. The highest BCUT2D eigenvalue weighted by Gasteiger charge is 2.31. The van der Waals surface area contributed by atoms with Gasteiger partial charge in [-0.3, -0.25) is 19.7 Å². The number of hydrogen-bond donors (Lipinski definition) is 0. The molecule has 3 rings (SSSR count). The minimum absolute atomic E-state index is 0.0538. The molecule has 2 aromatic rings. The van der Waals surface area contributed by atoms with E-state index in [0.29, 0.717) is 18.6 Å². The van der Waals surface area contributed by atoms with Crippen molar-refractivity contribution in [3.63, 3.8) is 0 Å². The van der Waals surface area contributed by atoms with E-state index in [4.69, 9.17) is 9.57 Å². The molecule has 0 N–H and O–H groups in total. The molecule has 1 heterocycles. The highest BCUT2D eigenvalue weighted by atomic mass is 16.7. The van der Waals surface area contributed by atoms with E-state index in [2.05, 4.69) is 0 Å². The number of hydroxylamine groups is 2. The molecule has 0 spiro atoms. The first-order chi connectivity index (χ1) is 13.5. The fourth-order valence-corrected chi connectivity index (χ4v) is 2.98. The van der Waals surface area contributed by atoms with Gasteiger partial charge in [-0.05, 0) is 30.5 Å². The minimum atomic E-state index is -0.634. The molecule has 0 radical (unpaired) electrons. The number of carbonyl (C=O) groups excluding carboxylic acids is 2. The molecular formula is C20H20N2O6. The fourth-order valence-electron chi connectivity index (χ4n) is 2.98. The molecule has 8 nitrogen and oxygen atoms in total. The van der Waals surface area contributed by atoms with Gasteiger partial charge in [0, 0.05) is 24.1 Å². The lowest BCUT2D eigenvalue weighted by molar-refractivity contribution is -0.384. The van der Waals surface area contributed by atoms with E-state index < -0.39 is 17.1 Å². The SMILES string of the molecule is O=C(C[C@H]1CCCON1C(=O)OCc1ccccc1)c1ccc([N+](=O)[O-])cc1. The van der Waals surface area contributed by atoms with Crippen molar-refractivity contribution in [3.05, 3.63) is 75.8 Å². The van der Waals surface area contributed by atoms with Gasteiger partial charge in [0.15, 0.2) is 5.78 Å². The van der Waals surface area contributed by atoms with E-state index in [-0.39, 0.29) is 24.5 Å². The molecule has 0 aliphatic carbocycles. The molecule has 28 heavy (non-hydrogen) atoms. The number of ether oxygens (including phenoxy) is 1. The Bertz CT molecular complexity index is 838. The Morgan fingerprint density at radius 1 is 1.14 bits per heavy atom. The number of amides is 1. The summed E-state index contributed by atoms with van der Waals surface area (Å²) in [6, 6.07) is 14.2. The number of nitrogens with zero attached hydrogens (tertiary/aromatic N) is 2. The van der Waals surface area contributed by atoms with Gasteiger partial charge in [-0.1, -0.05) is 30.3 Å². The Hall–Kier alpha value is -3.26. The Morgan fingerprint density at radius 2 is 1.86 bits per heavy atom. The summed E-state index contributed by atoms with van der Waals surface area (Å²) in [6.07, 6.45) is 0.753. The van der Waals surface area contributed by atoms with Gasteiger partial charge in [0.25, 0.3) is 5.69 Å². The van der Waals surface area contributed by atoms with E-state index in [9.17, 15) is 19.7 Å². The number of hydrogen-bond acceptors (Lipinski definition) is 6. The third-order valence-corrected chi connectivity index (χ3v) is 4.45. The minimum Gasteiger partial charge on any atom is -0.443 e. The Labute approximate surface area is 161 Å². The van der Waals surface area contributed by atoms with Gasteiger partial charge in [-0.2, -0.15) is 5.06 Å². The summed E-state index contributed by atoms with van der Waals surface area (Å²) in [7, 11) is 0. The first-order valence-corrected chi connectivity index (χ1v) is 8.95. The molecule has 1 saturated heterocycles. The zero-order chi connectivity index (χ0) is 19.9. The summed E-state index contributed by atoms with van der Waals surface area (Å²) < 4.78 is 5.30. The van der Waals surface area contributed by atoms with Crippen molar-refractivity contribution in [2.75, 3.05) is 6.61 Å². The van der Waals surface area contributed by atoms with Crippen LogP contribution in [0.2, 0.25) is 0 Å². The predicted octanol–water partition coefficient (Wildman–Crippen LogP) is 3.90. The maximum atomic E-state index is 12.5. The molecule has 1 amide bonds. The van der Waals surface area contributed by atoms with Crippen molar-refractivity contribution in [3.8, 4) is 0 Å². The number of Topliss-reactive ketones (excluding diaryl/α,β-unsaturated/α-hetero) is 1. The van der Waals surface area contributed by atoms with E-state index in [1.54, 1.807) is 0 Å². The predicted molar refractivity (Wildman–Crippen MR) is 99.5 cm³/mol. The van der Waals surface area contributed by atoms with Gasteiger partial charge in [0.05, 0.1) is 17.6 Å². The third kappa shape index (κ3) is 4.92. The van der Waals surface area contributed by atoms with Gasteiger partial charge >= 0.3 is 6.09 Å². The molecule has 1 aliphatic rings. The Morgan fingerprint density at radius 3 is 2.54 bits per heavy atom. The number of non-ortho nitro benzene ring substituents is 1. The van der Waals surface area contributed by atoms with Crippen LogP contribution in [0.5, 0.6) is 0 Å². The van der Waals surface area contributed by atoms with Crippen molar-refractivity contribution in [1.82, 2.24) is 5.06 Å². The summed E-state index contributed by atoms with van der Waals surface area (Å²) in [6.45, 7) is 0.491. The smallest absolute Gasteiger partial charge is 0.434 e. The monoisotopic (exact) mass is 384 g/mol. The van der Waals surface area contributed by atoms with Gasteiger partial charge in [-0.25, -0.2) is 4.79 Å². The van der Waals surface area contributed by atoms with Crippen molar-refractivity contribution in [2.24, 2.45) is 0 Å². The van der Waals surface area contributed by atoms with Crippen molar-refractivity contribution in [2.45, 2.75) is 31.9 Å². The van der Waals surface area contributed by atoms with Crippen LogP contribution in [0.1, 0.15) is 35.2 Å². The normalized spacial score (nSPS) is 16.4.